The molecule has 14 aromatic rings. The van der Waals surface area contributed by atoms with Gasteiger partial charge in [-0.05, 0) is 126 Å². The average molecular weight is 1060 g/mol. The Morgan fingerprint density at radius 2 is 0.573 bits per heavy atom. The van der Waals surface area contributed by atoms with Crippen LogP contribution in [-0.2, 0) is 21.1 Å². The molecule has 0 N–H and O–H groups in total. The number of aromatic nitrogens is 9. The maximum absolute atomic E-state index is 6.50. The molecule has 2 aliphatic heterocycles. The van der Waals surface area contributed by atoms with Crippen molar-refractivity contribution in [1.29, 1.82) is 0 Å². The van der Waals surface area contributed by atoms with Gasteiger partial charge in [-0.25, -0.2) is 29.9 Å². The molecule has 0 aliphatic carbocycles. The predicted octanol–water partition coefficient (Wildman–Crippen LogP) is 16.7. The smallest absolute Gasteiger partial charge is 0.159 e. The molecule has 8 aromatic carbocycles. The Morgan fingerprint density at radius 3 is 0.915 bits per heavy atom. The van der Waals surface area contributed by atoms with Crippen LogP contribution in [0.3, 0.4) is 0 Å². The molecule has 0 fully saturated rings. The molecule has 0 atom stereocenters. The van der Waals surface area contributed by atoms with Gasteiger partial charge in [0, 0.05) is 84.5 Å². The monoisotopic (exact) mass is 1060 g/mol. The quantitative estimate of drug-likeness (QED) is 0.146. The van der Waals surface area contributed by atoms with Gasteiger partial charge in [-0.2, -0.15) is 0 Å². The number of pyridine rings is 3. The van der Waals surface area contributed by atoms with Gasteiger partial charge in [0.05, 0.1) is 22.7 Å². The lowest BCUT2D eigenvalue weighted by molar-refractivity contribution is 0.477. The molecule has 8 heterocycles. The lowest BCUT2D eigenvalue weighted by Crippen LogP contribution is -2.15. The van der Waals surface area contributed by atoms with Crippen molar-refractivity contribution in [2.24, 2.45) is 21.1 Å². The van der Waals surface area contributed by atoms with Gasteiger partial charge >= 0.3 is 0 Å². The van der Waals surface area contributed by atoms with E-state index >= 15 is 0 Å². The van der Waals surface area contributed by atoms with Crippen molar-refractivity contribution in [2.75, 3.05) is 9.80 Å². The molecule has 6 aromatic heterocycles. The average Bonchev–Trinajstić information content (AvgIpc) is 4.32. The van der Waals surface area contributed by atoms with Crippen molar-refractivity contribution >= 4 is 67.6 Å². The largest absolute Gasteiger partial charge is 0.453 e. The fourth-order valence-corrected chi connectivity index (χ4v) is 12.2. The molecule has 0 unspecified atom stereocenters. The van der Waals surface area contributed by atoms with E-state index in [1.54, 1.807) is 0 Å². The fourth-order valence-electron chi connectivity index (χ4n) is 12.2. The minimum Gasteiger partial charge on any atom is -0.453 e. The summed E-state index contributed by atoms with van der Waals surface area (Å²) < 4.78 is 19.3. The van der Waals surface area contributed by atoms with Crippen LogP contribution in [0.1, 0.15) is 0 Å². The van der Waals surface area contributed by atoms with E-state index < -0.39 is 0 Å². The number of para-hydroxylation sites is 8. The number of nitrogens with zero attached hydrogens (tertiary/aromatic N) is 11. The molecule has 82 heavy (non-hydrogen) atoms. The van der Waals surface area contributed by atoms with Gasteiger partial charge in [0.1, 0.15) is 34.0 Å². The van der Waals surface area contributed by atoms with Gasteiger partial charge in [0.2, 0.25) is 0 Å². The molecule has 0 amide bonds. The zero-order chi connectivity index (χ0) is 54.6. The van der Waals surface area contributed by atoms with Crippen molar-refractivity contribution in [1.82, 2.24) is 43.6 Å². The Labute approximate surface area is 470 Å². The molecule has 13 heteroatoms. The van der Waals surface area contributed by atoms with E-state index in [1.165, 1.54) is 0 Å². The zero-order valence-corrected chi connectivity index (χ0v) is 44.7. The first-order valence-electron chi connectivity index (χ1n) is 27.1. The first-order chi connectivity index (χ1) is 40.4. The van der Waals surface area contributed by atoms with Crippen molar-refractivity contribution in [3.05, 3.63) is 231 Å². The summed E-state index contributed by atoms with van der Waals surface area (Å²) in [5, 5.41) is 0. The summed E-state index contributed by atoms with van der Waals surface area (Å²) in [6.07, 6.45) is 5.47. The van der Waals surface area contributed by atoms with Crippen LogP contribution in [0.2, 0.25) is 0 Å². The maximum Gasteiger partial charge on any atom is 0.159 e. The highest BCUT2D eigenvalue weighted by Gasteiger charge is 2.36. The molecule has 0 saturated heterocycles. The van der Waals surface area contributed by atoms with Crippen molar-refractivity contribution in [3.8, 4) is 90.5 Å². The van der Waals surface area contributed by atoms with Crippen LogP contribution in [0, 0.1) is 0 Å². The molecule has 390 valence electrons. The fraction of sp³-hybridized carbons (Fsp3) is 0.0435. The van der Waals surface area contributed by atoms with E-state index in [4.69, 9.17) is 39.4 Å². The molecule has 13 nitrogen and oxygen atoms in total. The Morgan fingerprint density at radius 1 is 0.280 bits per heavy atom. The second-order valence-corrected chi connectivity index (χ2v) is 20.5. The van der Waals surface area contributed by atoms with Gasteiger partial charge in [0.15, 0.2) is 39.9 Å². The van der Waals surface area contributed by atoms with E-state index in [1.807, 2.05) is 123 Å². The summed E-state index contributed by atoms with van der Waals surface area (Å²) in [5.41, 5.74) is 18.3. The standard InChI is InChI=1S/C69H47N11O2/c1-76-64-47(20-15-39-70-64)73-67(76)61-58(43-31-35-45(36-32-43)79-50-23-7-11-27-54(50)81-55-28-12-8-24-51(55)79)59(44-33-37-46(38-34-44)80-52-25-9-13-29-56(52)82-57-30-14-10-26-53(57)80)62(68-74-48-21-16-40-71-65(48)77(68)2)63(60(61)42-18-5-4-6-19-42)69-75-49-22-17-41-72-66(49)78(69)3/h4-41H,1-3H3. The SMILES string of the molecule is Cn1c(-c2c(-c3ccc(N4c5ccccc5Oc5ccccc54)cc3)c(-c3ccc(N4c5ccccc5Oc5ccccc54)cc3)c(-c3nc4cccnc4n3C)c(-c3nc4cccnc4n3C)c2-c2ccccc2)nc2cccnc21. The third-order valence-corrected chi connectivity index (χ3v) is 15.8. The normalized spacial score (nSPS) is 12.5. The van der Waals surface area contributed by atoms with Crippen LogP contribution in [0.25, 0.3) is 101 Å². The van der Waals surface area contributed by atoms with E-state index in [-0.39, 0.29) is 0 Å². The summed E-state index contributed by atoms with van der Waals surface area (Å²) in [4.78, 5) is 36.1. The summed E-state index contributed by atoms with van der Waals surface area (Å²) in [5.74, 6) is 5.23. The van der Waals surface area contributed by atoms with Gasteiger partial charge in [-0.15, -0.1) is 0 Å². The summed E-state index contributed by atoms with van der Waals surface area (Å²) >= 11 is 0. The van der Waals surface area contributed by atoms with Crippen molar-refractivity contribution < 1.29 is 9.47 Å². The molecule has 0 spiro atoms. The van der Waals surface area contributed by atoms with Crippen molar-refractivity contribution in [2.45, 2.75) is 0 Å². The maximum atomic E-state index is 6.50. The summed E-state index contributed by atoms with van der Waals surface area (Å²) in [7, 11) is 6.16. The third kappa shape index (κ3) is 7.19. The molecular formula is C69H47N11O2. The number of benzene rings is 8. The molecular weight excluding hydrogens is 1010 g/mol. The van der Waals surface area contributed by atoms with Crippen LogP contribution in [0.4, 0.5) is 34.1 Å². The van der Waals surface area contributed by atoms with Gasteiger partial charge in [-0.3, -0.25) is 0 Å². The van der Waals surface area contributed by atoms with Gasteiger partial charge in [-0.1, -0.05) is 103 Å². The van der Waals surface area contributed by atoms with E-state index in [2.05, 4.69) is 153 Å². The highest BCUT2D eigenvalue weighted by Crippen LogP contribution is 2.58. The Hall–Kier alpha value is -11.2. The zero-order valence-electron chi connectivity index (χ0n) is 44.7. The number of rotatable bonds is 8. The van der Waals surface area contributed by atoms with Gasteiger partial charge < -0.3 is 33.0 Å². The van der Waals surface area contributed by atoms with Crippen LogP contribution >= 0.6 is 0 Å². The number of imidazole rings is 3. The second kappa shape index (κ2) is 18.5. The first kappa shape index (κ1) is 46.9. The predicted molar refractivity (Wildman–Crippen MR) is 325 cm³/mol. The van der Waals surface area contributed by atoms with E-state index in [9.17, 15) is 0 Å². The molecule has 0 bridgehead atoms. The third-order valence-electron chi connectivity index (χ3n) is 15.8. The lowest BCUT2D eigenvalue weighted by atomic mass is 9.78. The second-order valence-electron chi connectivity index (χ2n) is 20.5. The summed E-state index contributed by atoms with van der Waals surface area (Å²) in [6, 6.07) is 73.0. The Balaban J connectivity index is 1.07. The Kier molecular flexibility index (Phi) is 10.6. The number of anilines is 6. The number of hydrogen-bond acceptors (Lipinski definition) is 10. The lowest BCUT2D eigenvalue weighted by Gasteiger charge is -2.33. The van der Waals surface area contributed by atoms with E-state index in [0.29, 0.717) is 11.6 Å². The highest BCUT2D eigenvalue weighted by atomic mass is 16.5. The van der Waals surface area contributed by atoms with Crippen LogP contribution in [0.5, 0.6) is 23.0 Å². The van der Waals surface area contributed by atoms with Crippen molar-refractivity contribution in [3.63, 3.8) is 0 Å². The Bertz CT molecular complexity index is 4780. The number of aryl methyl sites for hydroxylation is 3. The molecule has 2 aliphatic rings. The summed E-state index contributed by atoms with van der Waals surface area (Å²) in [6.45, 7) is 0. The molecule has 0 saturated carbocycles. The number of ether oxygens (including phenoxy) is 2. The van der Waals surface area contributed by atoms with Crippen LogP contribution < -0.4 is 19.3 Å². The molecule has 0 radical (unpaired) electrons. The number of fused-ring (bicyclic) bond motifs is 7. The minimum atomic E-state index is 0.701. The minimum absolute atomic E-state index is 0.701. The molecule has 16 rings (SSSR count). The highest BCUT2D eigenvalue weighted by molar-refractivity contribution is 6.15. The van der Waals surface area contributed by atoms with Crippen LogP contribution in [-0.4, -0.2) is 43.6 Å². The topological polar surface area (TPSA) is 117 Å². The van der Waals surface area contributed by atoms with E-state index in [0.717, 1.165) is 147 Å². The van der Waals surface area contributed by atoms with Crippen LogP contribution in [0.15, 0.2) is 231 Å². The van der Waals surface area contributed by atoms with Gasteiger partial charge in [0.25, 0.3) is 0 Å². The first-order valence-corrected chi connectivity index (χ1v) is 27.1. The number of hydrogen-bond donors (Lipinski definition) is 0.